The van der Waals surface area contributed by atoms with Crippen LogP contribution in [0.2, 0.25) is 0 Å². The number of hydrogen-bond donors (Lipinski definition) is 6. The number of rotatable bonds is 11. The number of benzene rings is 3. The molecule has 3 aliphatic heterocycles. The third-order valence-electron chi connectivity index (χ3n) is 10.2. The van der Waals surface area contributed by atoms with E-state index in [2.05, 4.69) is 73.9 Å². The number of methoxy groups -OCH3 is 2. The summed E-state index contributed by atoms with van der Waals surface area (Å²) in [5.74, 6) is 2.35. The molecule has 6 aromatic rings. The van der Waals surface area contributed by atoms with Crippen molar-refractivity contribution in [3.63, 3.8) is 0 Å². The Morgan fingerprint density at radius 3 is 1.31 bits per heavy atom. The molecule has 0 saturated carbocycles. The average Bonchev–Trinajstić information content (AvgIpc) is 3.35. The molecule has 18 nitrogen and oxygen atoms in total. The van der Waals surface area contributed by atoms with Crippen LogP contribution in [0.15, 0.2) is 97.2 Å². The lowest BCUT2D eigenvalue weighted by atomic mass is 10.1. The topological polar surface area (TPSA) is 219 Å². The van der Waals surface area contributed by atoms with E-state index >= 15 is 0 Å². The zero-order chi connectivity index (χ0) is 45.2. The minimum Gasteiger partial charge on any atom is -0.481 e. The molecule has 0 spiro atoms. The highest BCUT2D eigenvalue weighted by molar-refractivity contribution is 5.56. The van der Waals surface area contributed by atoms with Gasteiger partial charge in [-0.3, -0.25) is 0 Å². The monoisotopic (exact) mass is 881 g/mol. The van der Waals surface area contributed by atoms with Crippen LogP contribution in [0.3, 0.4) is 0 Å². The van der Waals surface area contributed by atoms with E-state index in [1.165, 1.54) is 5.56 Å². The van der Waals surface area contributed by atoms with Gasteiger partial charge in [-0.2, -0.15) is 15.2 Å². The molecule has 3 aromatic carbocycles. The Labute approximate surface area is 378 Å². The molecule has 3 fully saturated rings. The summed E-state index contributed by atoms with van der Waals surface area (Å²) in [5.41, 5.74) is 8.47. The summed E-state index contributed by atoms with van der Waals surface area (Å²) in [5, 5.41) is 28.3. The Kier molecular flexibility index (Phi) is 16.8. The smallest absolute Gasteiger partial charge is 0.233 e. The summed E-state index contributed by atoms with van der Waals surface area (Å²) >= 11 is 0. The van der Waals surface area contributed by atoms with Crippen molar-refractivity contribution < 1.29 is 23.7 Å². The van der Waals surface area contributed by atoms with E-state index in [1.54, 1.807) is 32.5 Å². The fourth-order valence-electron chi connectivity index (χ4n) is 7.00. The molecule has 338 valence electrons. The SMILES string of the molecule is COc1cc(OC)nc(Nc2ccc([C@@H]3CNCCO3)cc2)n1.Cc1cc(C)nc(Nc2ccc([C@@H]3CNCCO3)cc2)n1.N#Cc1ccnc(Nc2ccc([C@@H]3CNCCO3)cc2)n1. The van der Waals surface area contributed by atoms with Gasteiger partial charge >= 0.3 is 0 Å². The number of nitriles is 1. The Balaban J connectivity index is 0.000000146. The van der Waals surface area contributed by atoms with Crippen molar-refractivity contribution in [1.29, 1.82) is 5.26 Å². The number of nitrogens with one attached hydrogen (secondary N) is 6. The predicted molar refractivity (Wildman–Crippen MR) is 247 cm³/mol. The van der Waals surface area contributed by atoms with Crippen LogP contribution in [0, 0.1) is 25.2 Å². The molecule has 0 amide bonds. The maximum absolute atomic E-state index is 8.82. The van der Waals surface area contributed by atoms with Crippen molar-refractivity contribution in [3.05, 3.63) is 131 Å². The summed E-state index contributed by atoms with van der Waals surface area (Å²) in [6.45, 7) is 11.5. The van der Waals surface area contributed by atoms with Crippen LogP contribution in [0.4, 0.5) is 34.9 Å². The Bertz CT molecular complexity index is 2390. The minimum atomic E-state index is 0.103. The van der Waals surface area contributed by atoms with Crippen molar-refractivity contribution in [2.45, 2.75) is 32.2 Å². The van der Waals surface area contributed by atoms with Crippen LogP contribution in [0.1, 0.15) is 52.1 Å². The second-order valence-corrected chi connectivity index (χ2v) is 15.1. The highest BCUT2D eigenvalue weighted by atomic mass is 16.5. The number of hydrogen-bond acceptors (Lipinski definition) is 18. The molecule has 3 aliphatic rings. The van der Waals surface area contributed by atoms with Crippen molar-refractivity contribution in [1.82, 2.24) is 45.9 Å². The maximum atomic E-state index is 8.82. The predicted octanol–water partition coefficient (Wildman–Crippen LogP) is 6.15. The molecule has 0 aliphatic carbocycles. The second kappa shape index (κ2) is 23.7. The summed E-state index contributed by atoms with van der Waals surface area (Å²) in [6.07, 6.45) is 1.91. The van der Waals surface area contributed by atoms with Gasteiger partial charge in [0.1, 0.15) is 11.8 Å². The first-order valence-corrected chi connectivity index (χ1v) is 21.4. The third-order valence-corrected chi connectivity index (χ3v) is 10.2. The number of aryl methyl sites for hydroxylation is 2. The highest BCUT2D eigenvalue weighted by Crippen LogP contribution is 2.26. The average molecular weight is 882 g/mol. The van der Waals surface area contributed by atoms with Gasteiger partial charge in [0.05, 0.1) is 58.4 Å². The molecule has 9 rings (SSSR count). The zero-order valence-corrected chi connectivity index (χ0v) is 37.0. The number of anilines is 6. The van der Waals surface area contributed by atoms with Gasteiger partial charge < -0.3 is 55.6 Å². The van der Waals surface area contributed by atoms with Crippen LogP contribution in [0.25, 0.3) is 0 Å². The standard InChI is InChI=1S/C16H20N4O3.C16H20N4O.C15H15N5O/c1-21-14-9-15(22-2)20-16(19-14)18-12-5-3-11(4-6-12)13-10-17-7-8-23-13;1-11-9-12(2)19-16(18-11)20-14-5-3-13(4-6-14)15-10-17-7-8-21-15;16-9-13-5-6-18-15(20-13)19-12-3-1-11(2-4-12)14-10-17-7-8-21-14/h3-6,9,13,17H,7-8,10H2,1-2H3,(H,18,19,20);3-6,9,15,17H,7-8,10H2,1-2H3,(H,18,19,20);1-6,14,17H,7-8,10H2,(H,18,19,20)/t13-;15-;14-/m000/s1. The minimum absolute atomic E-state index is 0.103. The van der Waals surface area contributed by atoms with Crippen LogP contribution in [0.5, 0.6) is 11.8 Å². The molecule has 0 unspecified atom stereocenters. The summed E-state index contributed by atoms with van der Waals surface area (Å²) in [4.78, 5) is 25.4. The summed E-state index contributed by atoms with van der Waals surface area (Å²) < 4.78 is 27.5. The molecule has 6 N–H and O–H groups in total. The molecule has 3 saturated heterocycles. The quantitative estimate of drug-likeness (QED) is 0.0860. The lowest BCUT2D eigenvalue weighted by Gasteiger charge is -2.24. The molecule has 3 atom stereocenters. The maximum Gasteiger partial charge on any atom is 0.233 e. The second-order valence-electron chi connectivity index (χ2n) is 15.1. The molecule has 6 heterocycles. The summed E-state index contributed by atoms with van der Waals surface area (Å²) in [6, 6.07) is 31.4. The van der Waals surface area contributed by atoms with E-state index < -0.39 is 0 Å². The van der Waals surface area contributed by atoms with Gasteiger partial charge in [-0.05, 0) is 79.1 Å². The zero-order valence-electron chi connectivity index (χ0n) is 37.0. The number of aromatic nitrogens is 6. The Hall–Kier alpha value is -6.85. The molecular formula is C47H55N13O5. The van der Waals surface area contributed by atoms with E-state index in [1.807, 2.05) is 86.6 Å². The van der Waals surface area contributed by atoms with Crippen molar-refractivity contribution in [3.8, 4) is 17.8 Å². The number of nitrogens with zero attached hydrogens (tertiary/aromatic N) is 7. The molecule has 0 radical (unpaired) electrons. The largest absolute Gasteiger partial charge is 0.481 e. The Morgan fingerprint density at radius 2 is 0.938 bits per heavy atom. The van der Waals surface area contributed by atoms with E-state index in [0.717, 1.165) is 98.7 Å². The first-order chi connectivity index (χ1) is 31.8. The Morgan fingerprint density at radius 1 is 0.538 bits per heavy atom. The molecule has 18 heteroatoms. The van der Waals surface area contributed by atoms with Crippen LogP contribution in [-0.4, -0.2) is 103 Å². The lowest BCUT2D eigenvalue weighted by molar-refractivity contribution is 0.0276. The third kappa shape index (κ3) is 14.1. The molecular weight excluding hydrogens is 827 g/mol. The first kappa shape index (κ1) is 46.2. The summed E-state index contributed by atoms with van der Waals surface area (Å²) in [7, 11) is 3.11. The van der Waals surface area contributed by atoms with Crippen LogP contribution < -0.4 is 41.4 Å². The van der Waals surface area contributed by atoms with Crippen LogP contribution >= 0.6 is 0 Å². The van der Waals surface area contributed by atoms with Gasteiger partial charge in [0.25, 0.3) is 0 Å². The molecule has 65 heavy (non-hydrogen) atoms. The van der Waals surface area contributed by atoms with E-state index in [-0.39, 0.29) is 18.3 Å². The van der Waals surface area contributed by atoms with Crippen molar-refractivity contribution in [2.24, 2.45) is 0 Å². The van der Waals surface area contributed by atoms with Gasteiger partial charge in [-0.1, -0.05) is 36.4 Å². The number of ether oxygens (including phenoxy) is 5. The number of morpholine rings is 3. The molecule has 0 bridgehead atoms. The van der Waals surface area contributed by atoms with E-state index in [4.69, 9.17) is 28.9 Å². The first-order valence-electron chi connectivity index (χ1n) is 21.4. The van der Waals surface area contributed by atoms with Crippen LogP contribution in [-0.2, 0) is 14.2 Å². The van der Waals surface area contributed by atoms with E-state index in [0.29, 0.717) is 35.3 Å². The highest BCUT2D eigenvalue weighted by Gasteiger charge is 2.18. The van der Waals surface area contributed by atoms with Crippen molar-refractivity contribution in [2.75, 3.05) is 89.3 Å². The van der Waals surface area contributed by atoms with Gasteiger partial charge in [0.2, 0.25) is 29.6 Å². The van der Waals surface area contributed by atoms with Gasteiger partial charge in [0.15, 0.2) is 0 Å². The van der Waals surface area contributed by atoms with Crippen molar-refractivity contribution >= 4 is 34.9 Å². The normalized spacial score (nSPS) is 18.0. The lowest BCUT2D eigenvalue weighted by Crippen LogP contribution is -2.33. The van der Waals surface area contributed by atoms with Gasteiger partial charge in [-0.15, -0.1) is 0 Å². The van der Waals surface area contributed by atoms with Gasteiger partial charge in [0, 0.05) is 73.9 Å². The van der Waals surface area contributed by atoms with E-state index in [9.17, 15) is 0 Å². The molecule has 3 aromatic heterocycles. The fraction of sp³-hybridized carbons (Fsp3) is 0.340. The van der Waals surface area contributed by atoms with Gasteiger partial charge in [-0.25, -0.2) is 19.9 Å². The fourth-order valence-corrected chi connectivity index (χ4v) is 7.00.